The number of nitrogens with one attached hydrogen (secondary N) is 1. The van der Waals surface area contributed by atoms with Gasteiger partial charge in [-0.05, 0) is 64.5 Å². The van der Waals surface area contributed by atoms with Gasteiger partial charge >= 0.3 is 6.09 Å². The van der Waals surface area contributed by atoms with Gasteiger partial charge in [-0.1, -0.05) is 31.4 Å². The lowest BCUT2D eigenvalue weighted by Crippen LogP contribution is -2.54. The molecule has 2 aliphatic rings. The maximum absolute atomic E-state index is 14.1. The third-order valence-electron chi connectivity index (χ3n) is 7.47. The molecule has 222 valence electrons. The van der Waals surface area contributed by atoms with Crippen LogP contribution in [-0.2, 0) is 14.3 Å². The van der Waals surface area contributed by atoms with Gasteiger partial charge in [-0.2, -0.15) is 0 Å². The molecule has 1 aromatic heterocycles. The van der Waals surface area contributed by atoms with Crippen LogP contribution in [-0.4, -0.2) is 75.4 Å². The quantitative estimate of drug-likeness (QED) is 0.431. The second-order valence-corrected chi connectivity index (χ2v) is 12.8. The maximum Gasteiger partial charge on any atom is 0.410 e. The Balaban J connectivity index is 1.48. The molecule has 1 aliphatic carbocycles. The predicted octanol–water partition coefficient (Wildman–Crippen LogP) is 4.68. The Labute approximate surface area is 245 Å². The maximum atomic E-state index is 14.1. The standard InChI is InChI=1S/C30H40N4O6S/c1-30(2,3)40-29(39)33(4)17-24(36)32-25(19-10-6-5-7-11-19)28(38)34-15-9-14-23(34)27-31-22(18-41-27)26(37)20-12-8-13-21(35)16-20/h8,12-13,16,18-19,23,25,35H,5-7,9-11,14-15,17H2,1-4H3,(H,32,36)/t23-,25-/m0/s1. The lowest BCUT2D eigenvalue weighted by Gasteiger charge is -2.35. The molecule has 2 aromatic rings. The van der Waals surface area contributed by atoms with Gasteiger partial charge in [0.2, 0.25) is 17.6 Å². The van der Waals surface area contributed by atoms with Crippen LogP contribution in [0.5, 0.6) is 5.75 Å². The number of benzene rings is 1. The van der Waals surface area contributed by atoms with Gasteiger partial charge in [0.15, 0.2) is 0 Å². The fourth-order valence-corrected chi connectivity index (χ4v) is 6.44. The van der Waals surface area contributed by atoms with E-state index in [0.29, 0.717) is 23.5 Å². The molecule has 2 heterocycles. The molecule has 2 fully saturated rings. The fourth-order valence-electron chi connectivity index (χ4n) is 5.49. The first-order valence-electron chi connectivity index (χ1n) is 14.3. The van der Waals surface area contributed by atoms with Crippen LogP contribution in [0.25, 0.3) is 0 Å². The minimum absolute atomic E-state index is 0.00644. The van der Waals surface area contributed by atoms with Crippen LogP contribution in [0.2, 0.25) is 0 Å². The van der Waals surface area contributed by atoms with Gasteiger partial charge in [0.05, 0.1) is 6.04 Å². The van der Waals surface area contributed by atoms with Crippen LogP contribution >= 0.6 is 11.3 Å². The van der Waals surface area contributed by atoms with Crippen molar-refractivity contribution >= 4 is 35.0 Å². The van der Waals surface area contributed by atoms with Crippen LogP contribution in [0.15, 0.2) is 29.6 Å². The van der Waals surface area contributed by atoms with E-state index in [1.54, 1.807) is 43.2 Å². The number of carbonyl (C=O) groups is 4. The Bertz CT molecular complexity index is 1270. The molecule has 0 radical (unpaired) electrons. The highest BCUT2D eigenvalue weighted by Gasteiger charge is 2.40. The van der Waals surface area contributed by atoms with E-state index in [1.165, 1.54) is 35.4 Å². The third-order valence-corrected chi connectivity index (χ3v) is 8.42. The number of likely N-dealkylation sites (N-methyl/N-ethyl adjacent to an activating group) is 1. The largest absolute Gasteiger partial charge is 0.508 e. The molecule has 10 nitrogen and oxygen atoms in total. The number of amides is 3. The number of phenols is 1. The fraction of sp³-hybridized carbons (Fsp3) is 0.567. The Morgan fingerprint density at radius 3 is 2.56 bits per heavy atom. The lowest BCUT2D eigenvalue weighted by molar-refractivity contribution is -0.139. The molecule has 1 aromatic carbocycles. The third kappa shape index (κ3) is 7.84. The van der Waals surface area contributed by atoms with E-state index in [9.17, 15) is 24.3 Å². The molecular weight excluding hydrogens is 544 g/mol. The minimum atomic E-state index is -0.705. The van der Waals surface area contributed by atoms with Crippen LogP contribution in [0, 0.1) is 5.92 Å². The van der Waals surface area contributed by atoms with Gasteiger partial charge in [0, 0.05) is 24.5 Å². The van der Waals surface area contributed by atoms with E-state index in [-0.39, 0.29) is 41.6 Å². The number of thiazole rings is 1. The normalized spacial score (nSPS) is 18.5. The predicted molar refractivity (Wildman–Crippen MR) is 155 cm³/mol. The van der Waals surface area contributed by atoms with Crippen molar-refractivity contribution < 1.29 is 29.0 Å². The number of carbonyl (C=O) groups excluding carboxylic acids is 4. The molecule has 0 spiro atoms. The smallest absolute Gasteiger partial charge is 0.410 e. The summed E-state index contributed by atoms with van der Waals surface area (Å²) >= 11 is 1.34. The molecule has 2 N–H and O–H groups in total. The first-order chi connectivity index (χ1) is 19.4. The van der Waals surface area contributed by atoms with Crippen molar-refractivity contribution in [2.75, 3.05) is 20.1 Å². The first kappa shape index (κ1) is 30.5. The van der Waals surface area contributed by atoms with Crippen molar-refractivity contribution in [2.45, 2.75) is 83.4 Å². The Hall–Kier alpha value is -3.47. The van der Waals surface area contributed by atoms with Crippen molar-refractivity contribution in [1.29, 1.82) is 0 Å². The summed E-state index contributed by atoms with van der Waals surface area (Å²) in [6.07, 6.45) is 5.69. The van der Waals surface area contributed by atoms with E-state index < -0.39 is 23.6 Å². The molecular formula is C30H40N4O6S. The van der Waals surface area contributed by atoms with Crippen molar-refractivity contribution in [3.05, 3.63) is 45.9 Å². The number of hydrogen-bond acceptors (Lipinski definition) is 8. The monoisotopic (exact) mass is 584 g/mol. The molecule has 0 unspecified atom stereocenters. The van der Waals surface area contributed by atoms with Gasteiger partial charge < -0.3 is 25.0 Å². The molecule has 1 saturated heterocycles. The van der Waals surface area contributed by atoms with Crippen LogP contribution < -0.4 is 5.32 Å². The average molecular weight is 585 g/mol. The first-order valence-corrected chi connectivity index (χ1v) is 15.1. The zero-order valence-corrected chi connectivity index (χ0v) is 25.0. The van der Waals surface area contributed by atoms with Crippen molar-refractivity contribution in [1.82, 2.24) is 20.1 Å². The summed E-state index contributed by atoms with van der Waals surface area (Å²) in [4.78, 5) is 60.1. The number of likely N-dealkylation sites (tertiary alicyclic amines) is 1. The van der Waals surface area contributed by atoms with Gasteiger partial charge in [0.1, 0.15) is 34.6 Å². The molecule has 1 aliphatic heterocycles. The summed E-state index contributed by atoms with van der Waals surface area (Å²) in [7, 11) is 1.50. The molecule has 4 rings (SSSR count). The number of nitrogens with zero attached hydrogens (tertiary/aromatic N) is 3. The summed E-state index contributed by atoms with van der Waals surface area (Å²) < 4.78 is 5.36. The lowest BCUT2D eigenvalue weighted by atomic mass is 9.83. The second-order valence-electron chi connectivity index (χ2n) is 11.9. The van der Waals surface area contributed by atoms with E-state index in [2.05, 4.69) is 10.3 Å². The van der Waals surface area contributed by atoms with Crippen LogP contribution in [0.4, 0.5) is 4.79 Å². The number of aromatic nitrogens is 1. The Kier molecular flexibility index (Phi) is 9.68. The summed E-state index contributed by atoms with van der Waals surface area (Å²) in [6, 6.07) is 5.16. The molecule has 2 atom stereocenters. The van der Waals surface area contributed by atoms with E-state index in [0.717, 1.165) is 38.5 Å². The summed E-state index contributed by atoms with van der Waals surface area (Å²) in [5.41, 5.74) is -0.0639. The highest BCUT2D eigenvalue weighted by atomic mass is 32.1. The van der Waals surface area contributed by atoms with Crippen molar-refractivity contribution in [3.63, 3.8) is 0 Å². The van der Waals surface area contributed by atoms with Gasteiger partial charge in [-0.3, -0.25) is 14.4 Å². The SMILES string of the molecule is CN(CC(=O)N[C@H](C(=O)N1CCC[C@H]1c1nc(C(=O)c2cccc(O)c2)cs1)C1CCCCC1)C(=O)OC(C)(C)C. The van der Waals surface area contributed by atoms with Gasteiger partial charge in [-0.25, -0.2) is 9.78 Å². The van der Waals surface area contributed by atoms with Crippen LogP contribution in [0.3, 0.4) is 0 Å². The van der Waals surface area contributed by atoms with Crippen LogP contribution in [0.1, 0.15) is 92.8 Å². The average Bonchev–Trinajstić information content (AvgIpc) is 3.60. The molecule has 0 bridgehead atoms. The number of ketones is 1. The molecule has 11 heteroatoms. The summed E-state index contributed by atoms with van der Waals surface area (Å²) in [5, 5.41) is 15.1. The highest BCUT2D eigenvalue weighted by Crippen LogP contribution is 2.36. The van der Waals surface area contributed by atoms with E-state index in [4.69, 9.17) is 4.74 Å². The van der Waals surface area contributed by atoms with E-state index >= 15 is 0 Å². The minimum Gasteiger partial charge on any atom is -0.508 e. The highest BCUT2D eigenvalue weighted by molar-refractivity contribution is 7.10. The second kappa shape index (κ2) is 13.0. The Morgan fingerprint density at radius 1 is 1.15 bits per heavy atom. The number of hydrogen-bond donors (Lipinski definition) is 2. The number of phenolic OH excluding ortho intramolecular Hbond substituents is 1. The number of rotatable bonds is 8. The zero-order chi connectivity index (χ0) is 29.7. The van der Waals surface area contributed by atoms with E-state index in [1.807, 2.05) is 0 Å². The van der Waals surface area contributed by atoms with Crippen molar-refractivity contribution in [2.24, 2.45) is 5.92 Å². The Morgan fingerprint density at radius 2 is 1.88 bits per heavy atom. The number of ether oxygens (including phenoxy) is 1. The topological polar surface area (TPSA) is 129 Å². The number of aromatic hydroxyl groups is 1. The molecule has 41 heavy (non-hydrogen) atoms. The summed E-state index contributed by atoms with van der Waals surface area (Å²) in [6.45, 7) is 5.60. The zero-order valence-electron chi connectivity index (χ0n) is 24.2. The molecule has 3 amide bonds. The van der Waals surface area contributed by atoms with Gasteiger partial charge in [-0.15, -0.1) is 11.3 Å². The van der Waals surface area contributed by atoms with Gasteiger partial charge in [0.25, 0.3) is 0 Å². The van der Waals surface area contributed by atoms with Crippen molar-refractivity contribution in [3.8, 4) is 5.75 Å². The summed E-state index contributed by atoms with van der Waals surface area (Å²) in [5.74, 6) is -0.838. The molecule has 1 saturated carbocycles.